The number of carboxylic acid groups (broad SMARTS) is 1. The van der Waals surface area contributed by atoms with Crippen molar-refractivity contribution in [2.24, 2.45) is 5.41 Å². The lowest BCUT2D eigenvalue weighted by atomic mass is 9.86. The second-order valence-electron chi connectivity index (χ2n) is 5.07. The number of carbonyl (C=O) groups excluding carboxylic acids is 1. The normalized spacial score (nSPS) is 17.2. The Labute approximate surface area is 114 Å². The summed E-state index contributed by atoms with van der Waals surface area (Å²) in [5, 5.41) is 12.0. The van der Waals surface area contributed by atoms with Crippen molar-refractivity contribution in [2.75, 3.05) is 33.4 Å². The summed E-state index contributed by atoms with van der Waals surface area (Å²) < 4.78 is 5.17. The van der Waals surface area contributed by atoms with E-state index >= 15 is 0 Å². The summed E-state index contributed by atoms with van der Waals surface area (Å²) in [4.78, 5) is 24.7. The van der Waals surface area contributed by atoms with Gasteiger partial charge in [-0.1, -0.05) is 12.8 Å². The lowest BCUT2D eigenvalue weighted by molar-refractivity contribution is -0.148. The zero-order chi connectivity index (χ0) is 14.3. The summed E-state index contributed by atoms with van der Waals surface area (Å²) in [6.07, 6.45) is 3.13. The van der Waals surface area contributed by atoms with Crippen molar-refractivity contribution in [3.8, 4) is 0 Å². The van der Waals surface area contributed by atoms with Crippen LogP contribution in [-0.2, 0) is 9.53 Å². The van der Waals surface area contributed by atoms with Gasteiger partial charge in [0.15, 0.2) is 0 Å². The van der Waals surface area contributed by atoms with Crippen molar-refractivity contribution >= 4 is 12.0 Å². The summed E-state index contributed by atoms with van der Waals surface area (Å²) in [7, 11) is 1.68. The highest BCUT2D eigenvalue weighted by Crippen LogP contribution is 2.37. The number of carboxylic acids is 1. The number of urea groups is 1. The van der Waals surface area contributed by atoms with Gasteiger partial charge in [0.05, 0.1) is 12.0 Å². The topological polar surface area (TPSA) is 78.9 Å². The van der Waals surface area contributed by atoms with Crippen LogP contribution in [-0.4, -0.2) is 55.4 Å². The summed E-state index contributed by atoms with van der Waals surface area (Å²) in [5.74, 6) is -0.803. The smallest absolute Gasteiger partial charge is 0.317 e. The van der Waals surface area contributed by atoms with E-state index in [9.17, 15) is 14.7 Å². The Morgan fingerprint density at radius 1 is 1.37 bits per heavy atom. The number of ether oxygens (including phenoxy) is 1. The van der Waals surface area contributed by atoms with E-state index < -0.39 is 11.4 Å². The third-order valence-corrected chi connectivity index (χ3v) is 3.71. The fraction of sp³-hybridized carbons (Fsp3) is 0.846. The highest BCUT2D eigenvalue weighted by atomic mass is 16.5. The molecule has 0 aromatic carbocycles. The first-order chi connectivity index (χ1) is 9.02. The SMILES string of the molecule is CCOCCN(C)C(=O)NCC1(C(=O)O)CCCC1. The number of likely N-dealkylation sites (N-methyl/N-ethyl adjacent to an activating group) is 1. The molecule has 2 N–H and O–H groups in total. The first kappa shape index (κ1) is 15.8. The maximum absolute atomic E-state index is 11.8. The van der Waals surface area contributed by atoms with Crippen LogP contribution in [0.2, 0.25) is 0 Å². The minimum Gasteiger partial charge on any atom is -0.481 e. The number of hydrogen-bond donors (Lipinski definition) is 2. The van der Waals surface area contributed by atoms with Crippen LogP contribution in [0.15, 0.2) is 0 Å². The fourth-order valence-corrected chi connectivity index (χ4v) is 2.35. The standard InChI is InChI=1S/C13H24N2O4/c1-3-19-9-8-15(2)12(18)14-10-13(11(16)17)6-4-5-7-13/h3-10H2,1-2H3,(H,14,18)(H,16,17). The van der Waals surface area contributed by atoms with Gasteiger partial charge in [-0.2, -0.15) is 0 Å². The first-order valence-electron chi connectivity index (χ1n) is 6.82. The second-order valence-corrected chi connectivity index (χ2v) is 5.07. The van der Waals surface area contributed by atoms with Crippen LogP contribution in [0.25, 0.3) is 0 Å². The molecule has 0 radical (unpaired) electrons. The molecule has 1 rings (SSSR count). The van der Waals surface area contributed by atoms with E-state index in [1.165, 1.54) is 4.90 Å². The number of nitrogens with one attached hydrogen (secondary N) is 1. The zero-order valence-corrected chi connectivity index (χ0v) is 11.8. The van der Waals surface area contributed by atoms with Crippen LogP contribution in [0.5, 0.6) is 0 Å². The Kier molecular flexibility index (Phi) is 6.08. The summed E-state index contributed by atoms with van der Waals surface area (Å²) in [6.45, 7) is 3.72. The van der Waals surface area contributed by atoms with E-state index in [-0.39, 0.29) is 12.6 Å². The molecule has 0 heterocycles. The molecule has 0 unspecified atom stereocenters. The van der Waals surface area contributed by atoms with Crippen LogP contribution in [0, 0.1) is 5.41 Å². The molecular formula is C13H24N2O4. The molecule has 0 aromatic heterocycles. The van der Waals surface area contributed by atoms with E-state index in [4.69, 9.17) is 4.74 Å². The number of rotatable bonds is 7. The average Bonchev–Trinajstić information content (AvgIpc) is 2.86. The summed E-state index contributed by atoms with van der Waals surface area (Å²) >= 11 is 0. The number of hydrogen-bond acceptors (Lipinski definition) is 3. The number of nitrogens with zero attached hydrogens (tertiary/aromatic N) is 1. The van der Waals surface area contributed by atoms with Gasteiger partial charge in [-0.15, -0.1) is 0 Å². The number of aliphatic carboxylic acids is 1. The average molecular weight is 272 g/mol. The van der Waals surface area contributed by atoms with Crippen molar-refractivity contribution < 1.29 is 19.4 Å². The van der Waals surface area contributed by atoms with Gasteiger partial charge in [-0.05, 0) is 19.8 Å². The Balaban J connectivity index is 2.37. The largest absolute Gasteiger partial charge is 0.481 e. The minimum atomic E-state index is -0.803. The van der Waals surface area contributed by atoms with Crippen molar-refractivity contribution in [1.29, 1.82) is 0 Å². The predicted octanol–water partition coefficient (Wildman–Crippen LogP) is 1.31. The Bertz CT molecular complexity index is 314. The maximum Gasteiger partial charge on any atom is 0.317 e. The van der Waals surface area contributed by atoms with Crippen molar-refractivity contribution in [1.82, 2.24) is 10.2 Å². The second kappa shape index (κ2) is 7.33. The van der Waals surface area contributed by atoms with Crippen LogP contribution in [0.1, 0.15) is 32.6 Å². The third kappa shape index (κ3) is 4.38. The highest BCUT2D eigenvalue weighted by Gasteiger charge is 2.41. The van der Waals surface area contributed by atoms with Crippen LogP contribution in [0.3, 0.4) is 0 Å². The minimum absolute atomic E-state index is 0.208. The predicted molar refractivity (Wildman–Crippen MR) is 71.1 cm³/mol. The lowest BCUT2D eigenvalue weighted by Crippen LogP contribution is -2.46. The van der Waals surface area contributed by atoms with Gasteiger partial charge in [0.2, 0.25) is 0 Å². The monoisotopic (exact) mass is 272 g/mol. The number of amides is 2. The molecular weight excluding hydrogens is 248 g/mol. The molecule has 0 aliphatic heterocycles. The molecule has 0 saturated heterocycles. The van der Waals surface area contributed by atoms with Gasteiger partial charge in [0.1, 0.15) is 0 Å². The van der Waals surface area contributed by atoms with Crippen LogP contribution < -0.4 is 5.32 Å². The van der Waals surface area contributed by atoms with E-state index in [0.717, 1.165) is 12.8 Å². The molecule has 0 aromatic rings. The van der Waals surface area contributed by atoms with E-state index in [1.807, 2.05) is 6.92 Å². The molecule has 19 heavy (non-hydrogen) atoms. The number of carbonyl (C=O) groups is 2. The van der Waals surface area contributed by atoms with Crippen molar-refractivity contribution in [2.45, 2.75) is 32.6 Å². The zero-order valence-electron chi connectivity index (χ0n) is 11.8. The molecule has 1 aliphatic carbocycles. The Hall–Kier alpha value is -1.30. The molecule has 1 fully saturated rings. The molecule has 6 nitrogen and oxygen atoms in total. The van der Waals surface area contributed by atoms with Crippen molar-refractivity contribution in [3.05, 3.63) is 0 Å². The highest BCUT2D eigenvalue weighted by molar-refractivity contribution is 5.78. The molecule has 0 atom stereocenters. The molecule has 1 aliphatic rings. The maximum atomic E-state index is 11.8. The third-order valence-electron chi connectivity index (χ3n) is 3.71. The molecule has 1 saturated carbocycles. The summed E-state index contributed by atoms with van der Waals surface area (Å²) in [6, 6.07) is -0.243. The summed E-state index contributed by atoms with van der Waals surface area (Å²) in [5.41, 5.74) is -0.767. The van der Waals surface area contributed by atoms with Crippen LogP contribution >= 0.6 is 0 Å². The van der Waals surface area contributed by atoms with E-state index in [1.54, 1.807) is 7.05 Å². The van der Waals surface area contributed by atoms with E-state index in [2.05, 4.69) is 5.32 Å². The molecule has 2 amide bonds. The van der Waals surface area contributed by atoms with Gasteiger partial charge in [0.25, 0.3) is 0 Å². The van der Waals surface area contributed by atoms with Gasteiger partial charge in [-0.25, -0.2) is 4.79 Å². The fourth-order valence-electron chi connectivity index (χ4n) is 2.35. The van der Waals surface area contributed by atoms with Crippen molar-refractivity contribution in [3.63, 3.8) is 0 Å². The van der Waals surface area contributed by atoms with Gasteiger partial charge < -0.3 is 20.1 Å². The molecule has 0 bridgehead atoms. The van der Waals surface area contributed by atoms with E-state index in [0.29, 0.717) is 32.6 Å². The molecule has 6 heteroatoms. The lowest BCUT2D eigenvalue weighted by Gasteiger charge is -2.26. The molecule has 0 spiro atoms. The quantitative estimate of drug-likeness (QED) is 0.685. The van der Waals surface area contributed by atoms with Crippen LogP contribution in [0.4, 0.5) is 4.79 Å². The molecule has 110 valence electrons. The first-order valence-corrected chi connectivity index (χ1v) is 6.82. The Morgan fingerprint density at radius 2 is 2.00 bits per heavy atom. The Morgan fingerprint density at radius 3 is 2.53 bits per heavy atom. The van der Waals surface area contributed by atoms with Gasteiger partial charge >= 0.3 is 12.0 Å². The van der Waals surface area contributed by atoms with Gasteiger partial charge in [-0.3, -0.25) is 4.79 Å². The van der Waals surface area contributed by atoms with Gasteiger partial charge in [0, 0.05) is 26.7 Å².